The average Bonchev–Trinajstić information content (AvgIpc) is 2.39. The summed E-state index contributed by atoms with van der Waals surface area (Å²) in [6.45, 7) is 0. The highest BCUT2D eigenvalue weighted by Crippen LogP contribution is 2.32. The van der Waals surface area contributed by atoms with Gasteiger partial charge in [0.05, 0.1) is 9.40 Å². The molecule has 0 bridgehead atoms. The monoisotopic (exact) mass is 387 g/mol. The van der Waals surface area contributed by atoms with Gasteiger partial charge in [-0.15, -0.1) is 0 Å². The maximum absolute atomic E-state index is 11.5. The minimum absolute atomic E-state index is 0.143. The molecule has 8 nitrogen and oxygen atoms in total. The van der Waals surface area contributed by atoms with Crippen molar-refractivity contribution in [1.29, 1.82) is 0 Å². The van der Waals surface area contributed by atoms with Gasteiger partial charge in [0.2, 0.25) is 0 Å². The fourth-order valence-corrected chi connectivity index (χ4v) is 2.52. The molecule has 0 saturated heterocycles. The molecule has 1 aromatic carbocycles. The van der Waals surface area contributed by atoms with E-state index in [0.717, 1.165) is 6.08 Å². The Morgan fingerprint density at radius 1 is 1.27 bits per heavy atom. The minimum Gasteiger partial charge on any atom is -0.506 e. The highest BCUT2D eigenvalue weighted by Gasteiger charge is 2.19. The molecule has 0 aliphatic carbocycles. The fraction of sp³-hybridized carbons (Fsp3) is 0. The number of rotatable bonds is 3. The van der Waals surface area contributed by atoms with E-state index in [1.54, 1.807) is 4.98 Å². The molecule has 0 aliphatic heterocycles. The van der Waals surface area contributed by atoms with Crippen LogP contribution in [0.5, 0.6) is 5.75 Å². The number of phenolic OH excluding ortho intramolecular Hbond substituents is 1. The van der Waals surface area contributed by atoms with E-state index in [1.165, 1.54) is 18.2 Å². The molecular weight excluding hydrogens is 382 g/mol. The molecule has 0 spiro atoms. The molecule has 1 heterocycles. The number of phenols is 1. The first-order chi connectivity index (χ1) is 10.3. The number of aromatic hydroxyl groups is 1. The Morgan fingerprint density at radius 2 is 1.95 bits per heavy atom. The number of halogens is 2. The lowest BCUT2D eigenvalue weighted by Gasteiger charge is -2.03. The second-order valence-electron chi connectivity index (χ2n) is 4.09. The highest BCUT2D eigenvalue weighted by molar-refractivity contribution is 9.10. The van der Waals surface area contributed by atoms with Gasteiger partial charge < -0.3 is 10.1 Å². The van der Waals surface area contributed by atoms with Gasteiger partial charge in [-0.2, -0.15) is 0 Å². The third-order valence-electron chi connectivity index (χ3n) is 2.62. The average molecular weight is 389 g/mol. The van der Waals surface area contributed by atoms with E-state index < -0.39 is 21.9 Å². The maximum Gasteiger partial charge on any atom is 0.357 e. The lowest BCUT2D eigenvalue weighted by molar-refractivity contribution is -0.386. The van der Waals surface area contributed by atoms with Gasteiger partial charge >= 0.3 is 16.9 Å². The first kappa shape index (κ1) is 16.0. The number of nitrogens with one attached hydrogen (secondary N) is 2. The molecule has 0 atom stereocenters. The molecular formula is C12H7BrClN3O5. The van der Waals surface area contributed by atoms with Gasteiger partial charge in [-0.25, -0.2) is 4.79 Å². The van der Waals surface area contributed by atoms with E-state index in [0.29, 0.717) is 9.50 Å². The number of H-pyrrole nitrogens is 2. The van der Waals surface area contributed by atoms with E-state index in [2.05, 4.69) is 20.9 Å². The molecule has 22 heavy (non-hydrogen) atoms. The number of aromatic nitrogens is 2. The zero-order valence-electron chi connectivity index (χ0n) is 10.6. The fourth-order valence-electron chi connectivity index (χ4n) is 1.69. The molecule has 3 N–H and O–H groups in total. The third-order valence-corrected chi connectivity index (χ3v) is 3.44. The van der Waals surface area contributed by atoms with Crippen LogP contribution in [0.2, 0.25) is 5.02 Å². The predicted molar refractivity (Wildman–Crippen MR) is 84.1 cm³/mol. The SMILES string of the molecule is O=c1[nH]c(/C=C/c2cc(Cl)cc(Br)c2O)c([N+](=O)[O-])c(=O)[nH]1. The Labute approximate surface area is 135 Å². The molecule has 10 heteroatoms. The summed E-state index contributed by atoms with van der Waals surface area (Å²) in [5.74, 6) is -0.143. The van der Waals surface area contributed by atoms with Crippen molar-refractivity contribution < 1.29 is 10.0 Å². The van der Waals surface area contributed by atoms with Crippen LogP contribution >= 0.6 is 27.5 Å². The Bertz CT molecular complexity index is 903. The summed E-state index contributed by atoms with van der Waals surface area (Å²) in [5, 5.41) is 21.1. The van der Waals surface area contributed by atoms with Crippen LogP contribution in [0.4, 0.5) is 5.69 Å². The summed E-state index contributed by atoms with van der Waals surface area (Å²) < 4.78 is 0.327. The molecule has 0 fully saturated rings. The number of hydrogen-bond acceptors (Lipinski definition) is 5. The first-order valence-corrected chi connectivity index (χ1v) is 6.83. The molecule has 0 aliphatic rings. The second kappa shape index (κ2) is 6.16. The first-order valence-electron chi connectivity index (χ1n) is 5.66. The van der Waals surface area contributed by atoms with E-state index in [1.807, 2.05) is 0 Å². The van der Waals surface area contributed by atoms with Gasteiger partial charge in [0.1, 0.15) is 11.4 Å². The molecule has 1 aromatic heterocycles. The summed E-state index contributed by atoms with van der Waals surface area (Å²) in [5.41, 5.74) is -2.86. The van der Waals surface area contributed by atoms with E-state index in [-0.39, 0.29) is 17.0 Å². The normalized spacial score (nSPS) is 11.0. The molecule has 0 unspecified atom stereocenters. The van der Waals surface area contributed by atoms with E-state index >= 15 is 0 Å². The van der Waals surface area contributed by atoms with Crippen molar-refractivity contribution in [3.05, 3.63) is 63.8 Å². The standard InChI is InChI=1S/C12H7BrClN3O5/c13-7-4-6(14)3-5(10(7)18)1-2-8-9(17(21)22)11(19)16-12(20)15-8/h1-4,18H,(H2,15,16,19,20)/b2-1+. The summed E-state index contributed by atoms with van der Waals surface area (Å²) in [6.07, 6.45) is 2.41. The summed E-state index contributed by atoms with van der Waals surface area (Å²) in [6, 6.07) is 2.88. The highest BCUT2D eigenvalue weighted by atomic mass is 79.9. The number of benzene rings is 1. The molecule has 2 rings (SSSR count). The summed E-state index contributed by atoms with van der Waals surface area (Å²) in [4.78, 5) is 36.6. The van der Waals surface area contributed by atoms with Crippen LogP contribution in [-0.2, 0) is 0 Å². The molecule has 0 saturated carbocycles. The Morgan fingerprint density at radius 3 is 2.59 bits per heavy atom. The lowest BCUT2D eigenvalue weighted by atomic mass is 10.1. The molecule has 0 radical (unpaired) electrons. The number of nitro groups is 1. The topological polar surface area (TPSA) is 129 Å². The van der Waals surface area contributed by atoms with Crippen LogP contribution in [-0.4, -0.2) is 20.0 Å². The molecule has 2 aromatic rings. The van der Waals surface area contributed by atoms with Crippen LogP contribution in [0.1, 0.15) is 11.3 Å². The number of aromatic amines is 2. The van der Waals surface area contributed by atoms with Crippen LogP contribution in [0.25, 0.3) is 12.2 Å². The Kier molecular flexibility index (Phi) is 4.48. The second-order valence-corrected chi connectivity index (χ2v) is 5.38. The van der Waals surface area contributed by atoms with Crippen molar-refractivity contribution in [2.24, 2.45) is 0 Å². The van der Waals surface area contributed by atoms with Gasteiger partial charge in [-0.1, -0.05) is 11.6 Å². The minimum atomic E-state index is -1.12. The van der Waals surface area contributed by atoms with Gasteiger partial charge in [0.15, 0.2) is 0 Å². The summed E-state index contributed by atoms with van der Waals surface area (Å²) >= 11 is 8.93. The van der Waals surface area contributed by atoms with Crippen LogP contribution < -0.4 is 11.2 Å². The van der Waals surface area contributed by atoms with Crippen molar-refractivity contribution >= 4 is 45.4 Å². The van der Waals surface area contributed by atoms with Gasteiger partial charge in [-0.3, -0.25) is 19.9 Å². The smallest absolute Gasteiger partial charge is 0.357 e. The van der Waals surface area contributed by atoms with Crippen LogP contribution in [0.15, 0.2) is 26.2 Å². The maximum atomic E-state index is 11.5. The summed E-state index contributed by atoms with van der Waals surface area (Å²) in [7, 11) is 0. The van der Waals surface area contributed by atoms with Crippen LogP contribution in [0, 0.1) is 10.1 Å². The molecule has 114 valence electrons. The zero-order chi connectivity index (χ0) is 16.4. The van der Waals surface area contributed by atoms with E-state index in [4.69, 9.17) is 11.6 Å². The Balaban J connectivity index is 2.59. The van der Waals surface area contributed by atoms with Gasteiger partial charge in [-0.05, 0) is 40.2 Å². The van der Waals surface area contributed by atoms with Crippen molar-refractivity contribution in [1.82, 2.24) is 9.97 Å². The van der Waals surface area contributed by atoms with Crippen LogP contribution in [0.3, 0.4) is 0 Å². The molecule has 0 amide bonds. The van der Waals surface area contributed by atoms with Crippen molar-refractivity contribution in [3.8, 4) is 5.75 Å². The van der Waals surface area contributed by atoms with Gasteiger partial charge in [0, 0.05) is 10.6 Å². The predicted octanol–water partition coefficient (Wildman–Crippen LogP) is 2.26. The third kappa shape index (κ3) is 3.26. The van der Waals surface area contributed by atoms with Gasteiger partial charge in [0.25, 0.3) is 0 Å². The lowest BCUT2D eigenvalue weighted by Crippen LogP contribution is -2.25. The number of hydrogen-bond donors (Lipinski definition) is 3. The quantitative estimate of drug-likeness (QED) is 0.548. The Hall–Kier alpha value is -2.39. The largest absolute Gasteiger partial charge is 0.506 e. The van der Waals surface area contributed by atoms with Crippen molar-refractivity contribution in [3.63, 3.8) is 0 Å². The van der Waals surface area contributed by atoms with Crippen molar-refractivity contribution in [2.75, 3.05) is 0 Å². The van der Waals surface area contributed by atoms with E-state index in [9.17, 15) is 24.8 Å². The zero-order valence-corrected chi connectivity index (χ0v) is 12.9. The number of nitrogens with zero attached hydrogens (tertiary/aromatic N) is 1. The van der Waals surface area contributed by atoms with Crippen molar-refractivity contribution in [2.45, 2.75) is 0 Å².